The maximum atomic E-state index is 11.6. The van der Waals surface area contributed by atoms with Crippen molar-refractivity contribution in [3.05, 3.63) is 6.04 Å². The summed E-state index contributed by atoms with van der Waals surface area (Å²) in [6.07, 6.45) is -4.96. The van der Waals surface area contributed by atoms with E-state index in [-0.39, 0.29) is 6.04 Å². The molecule has 0 bridgehead atoms. The number of rotatable bonds is 1. The molecule has 0 fully saturated rings. The Balaban J connectivity index is 2.31. The van der Waals surface area contributed by atoms with Crippen LogP contribution in [0.25, 0.3) is 0 Å². The van der Waals surface area contributed by atoms with Crippen LogP contribution in [-0.4, -0.2) is 17.5 Å². The van der Waals surface area contributed by atoms with Crippen LogP contribution in [0, 0.1) is 6.04 Å². The molecule has 57 valence electrons. The quantitative estimate of drug-likeness (QED) is 0.585. The molecule has 0 unspecified atom stereocenters. The van der Waals surface area contributed by atoms with E-state index in [1.807, 2.05) is 0 Å². The number of nitrogens with zero attached hydrogens (tertiary/aromatic N) is 1. The lowest BCUT2D eigenvalue weighted by Gasteiger charge is -2.07. The summed E-state index contributed by atoms with van der Waals surface area (Å²) in [6.45, 7) is 0. The minimum absolute atomic E-state index is 0.220. The van der Waals surface area contributed by atoms with Gasteiger partial charge in [0.25, 0.3) is 0 Å². The van der Waals surface area contributed by atoms with Crippen LogP contribution in [0.2, 0.25) is 0 Å². The maximum Gasteiger partial charge on any atom is 0.391 e. The average Bonchev–Trinajstić information content (AvgIpc) is 2.12. The van der Waals surface area contributed by atoms with E-state index in [1.54, 1.807) is 0 Å². The molecule has 0 saturated carbocycles. The first-order valence-electron chi connectivity index (χ1n) is 2.63. The van der Waals surface area contributed by atoms with Crippen molar-refractivity contribution in [1.82, 2.24) is 0 Å². The Bertz CT molecular complexity index is 142. The van der Waals surface area contributed by atoms with Crippen molar-refractivity contribution in [1.29, 1.82) is 0 Å². The van der Waals surface area contributed by atoms with E-state index in [1.165, 1.54) is 17.3 Å². The monoisotopic (exact) mass is 168 g/mol. The first kappa shape index (κ1) is 7.91. The summed E-state index contributed by atoms with van der Waals surface area (Å²) < 4.78 is 34.8. The summed E-state index contributed by atoms with van der Waals surface area (Å²) in [7, 11) is 0. The highest BCUT2D eigenvalue weighted by atomic mass is 32.2. The molecule has 1 heterocycles. The van der Waals surface area contributed by atoms with Crippen LogP contribution < -0.4 is 0 Å². The van der Waals surface area contributed by atoms with Gasteiger partial charge in [-0.2, -0.15) is 13.2 Å². The van der Waals surface area contributed by atoms with Crippen molar-refractivity contribution in [3.63, 3.8) is 0 Å². The van der Waals surface area contributed by atoms with Crippen LogP contribution in [0.1, 0.15) is 6.42 Å². The van der Waals surface area contributed by atoms with Gasteiger partial charge in [0, 0.05) is 5.75 Å². The molecule has 0 N–H and O–H groups in total. The Morgan fingerprint density at radius 1 is 1.60 bits per heavy atom. The summed E-state index contributed by atoms with van der Waals surface area (Å²) in [5.74, 6) is 0.388. The Hall–Kier alpha value is -0.190. The Morgan fingerprint density at radius 2 is 2.30 bits per heavy atom. The fraction of sp³-hybridized carbons (Fsp3) is 0.600. The standard InChI is InChI=1S/C5H5F3NS/c6-5(7,8)1-4-2-10-3-9-4/h3H,1-2H2. The van der Waals surface area contributed by atoms with Crippen LogP contribution in [0.5, 0.6) is 0 Å². The fourth-order valence-corrected chi connectivity index (χ4v) is 1.28. The number of thioether (sulfide) groups is 1. The molecule has 0 aromatic rings. The third kappa shape index (κ3) is 2.60. The molecule has 0 aliphatic carbocycles. The summed E-state index contributed by atoms with van der Waals surface area (Å²) in [4.78, 5) is 3.56. The summed E-state index contributed by atoms with van der Waals surface area (Å²) in [5, 5.41) is 0. The molecule has 1 aliphatic heterocycles. The van der Waals surface area contributed by atoms with Crippen LogP contribution in [0.3, 0.4) is 0 Å². The number of hydrogen-bond donors (Lipinski definition) is 0. The van der Waals surface area contributed by atoms with Crippen molar-refractivity contribution in [2.24, 2.45) is 4.99 Å². The molecule has 5 heteroatoms. The van der Waals surface area contributed by atoms with Crippen molar-refractivity contribution in [3.8, 4) is 0 Å². The predicted octanol–water partition coefficient (Wildman–Crippen LogP) is 2.25. The third-order valence-corrected chi connectivity index (χ3v) is 1.72. The van der Waals surface area contributed by atoms with E-state index in [0.717, 1.165) is 0 Å². The van der Waals surface area contributed by atoms with E-state index in [9.17, 15) is 13.2 Å². The lowest BCUT2D eigenvalue weighted by Crippen LogP contribution is -2.12. The largest absolute Gasteiger partial charge is 0.391 e. The smallest absolute Gasteiger partial charge is 0.276 e. The first-order chi connectivity index (χ1) is 4.58. The topological polar surface area (TPSA) is 12.4 Å². The molecule has 1 nitrogen and oxygen atoms in total. The van der Waals surface area contributed by atoms with Gasteiger partial charge in [-0.3, -0.25) is 4.99 Å². The molecule has 0 aromatic carbocycles. The summed E-state index contributed by atoms with van der Waals surface area (Å²) in [6, 6.07) is 0.220. The SMILES string of the molecule is FC(F)(F)C[C]1CSC=N1. The number of aliphatic imine (C=N–C) groups is 1. The normalized spacial score (nSPS) is 20.3. The van der Waals surface area contributed by atoms with Crippen molar-refractivity contribution < 1.29 is 13.2 Å². The Kier molecular flexibility index (Phi) is 2.23. The van der Waals surface area contributed by atoms with E-state index in [4.69, 9.17) is 0 Å². The molecular formula is C5H5F3NS. The van der Waals surface area contributed by atoms with Gasteiger partial charge in [-0.25, -0.2) is 0 Å². The van der Waals surface area contributed by atoms with E-state index >= 15 is 0 Å². The zero-order chi connectivity index (χ0) is 7.61. The zero-order valence-electron chi connectivity index (χ0n) is 4.98. The van der Waals surface area contributed by atoms with Gasteiger partial charge in [0.05, 0.1) is 12.0 Å². The maximum absolute atomic E-state index is 11.6. The van der Waals surface area contributed by atoms with E-state index in [0.29, 0.717) is 5.75 Å². The average molecular weight is 168 g/mol. The third-order valence-electron chi connectivity index (χ3n) is 0.964. The number of alkyl halides is 3. The Labute approximate surface area is 60.7 Å². The van der Waals surface area contributed by atoms with Crippen LogP contribution >= 0.6 is 11.8 Å². The highest BCUT2D eigenvalue weighted by Gasteiger charge is 2.33. The summed E-state index contributed by atoms with van der Waals surface area (Å²) in [5.41, 5.74) is 1.45. The van der Waals surface area contributed by atoms with E-state index in [2.05, 4.69) is 4.99 Å². The molecule has 0 aromatic heterocycles. The van der Waals surface area contributed by atoms with Crippen LogP contribution in [0.15, 0.2) is 4.99 Å². The molecule has 0 saturated heterocycles. The zero-order valence-corrected chi connectivity index (χ0v) is 5.80. The van der Waals surface area contributed by atoms with Gasteiger partial charge in [0.15, 0.2) is 0 Å². The molecule has 10 heavy (non-hydrogen) atoms. The summed E-state index contributed by atoms with van der Waals surface area (Å²) >= 11 is 1.29. The number of halogens is 3. The highest BCUT2D eigenvalue weighted by molar-refractivity contribution is 8.12. The van der Waals surface area contributed by atoms with Gasteiger partial charge in [0.2, 0.25) is 0 Å². The second-order valence-electron chi connectivity index (χ2n) is 1.90. The lowest BCUT2D eigenvalue weighted by molar-refractivity contribution is -0.130. The second kappa shape index (κ2) is 2.82. The second-order valence-corrected chi connectivity index (χ2v) is 2.74. The van der Waals surface area contributed by atoms with Gasteiger partial charge in [-0.05, 0) is 0 Å². The first-order valence-corrected chi connectivity index (χ1v) is 3.68. The van der Waals surface area contributed by atoms with Crippen molar-refractivity contribution in [2.45, 2.75) is 12.6 Å². The van der Waals surface area contributed by atoms with Gasteiger partial charge >= 0.3 is 6.18 Å². The van der Waals surface area contributed by atoms with Gasteiger partial charge in [-0.1, -0.05) is 0 Å². The number of hydrogen-bond acceptors (Lipinski definition) is 2. The molecule has 1 radical (unpaired) electrons. The van der Waals surface area contributed by atoms with Crippen molar-refractivity contribution in [2.75, 3.05) is 5.75 Å². The van der Waals surface area contributed by atoms with E-state index < -0.39 is 12.6 Å². The fourth-order valence-electron chi connectivity index (χ4n) is 0.611. The lowest BCUT2D eigenvalue weighted by atomic mass is 10.2. The van der Waals surface area contributed by atoms with Gasteiger partial charge < -0.3 is 0 Å². The predicted molar refractivity (Wildman–Crippen MR) is 34.9 cm³/mol. The van der Waals surface area contributed by atoms with Crippen LogP contribution in [-0.2, 0) is 0 Å². The molecule has 1 rings (SSSR count). The highest BCUT2D eigenvalue weighted by Crippen LogP contribution is 2.31. The molecule has 0 amide bonds. The molecular weight excluding hydrogens is 163 g/mol. The van der Waals surface area contributed by atoms with Gasteiger partial charge in [0.1, 0.15) is 6.04 Å². The van der Waals surface area contributed by atoms with Crippen molar-refractivity contribution >= 4 is 17.3 Å². The molecule has 1 aliphatic rings. The van der Waals surface area contributed by atoms with Gasteiger partial charge in [-0.15, -0.1) is 11.8 Å². The molecule has 0 spiro atoms. The minimum atomic E-state index is -4.10. The molecule has 0 atom stereocenters. The minimum Gasteiger partial charge on any atom is -0.276 e. The van der Waals surface area contributed by atoms with Crippen LogP contribution in [0.4, 0.5) is 13.2 Å². The Morgan fingerprint density at radius 3 is 2.70 bits per heavy atom.